The van der Waals surface area contributed by atoms with Gasteiger partial charge in [0.1, 0.15) is 0 Å². The van der Waals surface area contributed by atoms with Crippen molar-refractivity contribution in [2.24, 2.45) is 0 Å². The van der Waals surface area contributed by atoms with Crippen molar-refractivity contribution in [1.82, 2.24) is 4.90 Å². The molecule has 1 rings (SSSR count). The number of likely N-dealkylation sites (tertiary alicyclic amines) is 1. The Kier molecular flexibility index (Phi) is 5.13. The second-order valence-electron chi connectivity index (χ2n) is 4.77. The maximum atomic E-state index is 11.4. The lowest BCUT2D eigenvalue weighted by molar-refractivity contribution is -0.137. The standard InChI is InChI=1S/C14H21NO2/c1-11(2)5-4-6-12(3)9-10-15-13(16)7-8-14(15)17/h5,9H,4,6-8,10H2,1-3H3/b12-9+. The summed E-state index contributed by atoms with van der Waals surface area (Å²) in [5.74, 6) is -0.0771. The number of amides is 2. The van der Waals surface area contributed by atoms with E-state index in [1.54, 1.807) is 0 Å². The van der Waals surface area contributed by atoms with Gasteiger partial charge in [0, 0.05) is 19.4 Å². The molecule has 2 amide bonds. The van der Waals surface area contributed by atoms with E-state index in [1.165, 1.54) is 16.0 Å². The summed E-state index contributed by atoms with van der Waals surface area (Å²) in [6.45, 7) is 6.66. The number of carbonyl (C=O) groups excluding carboxylic acids is 2. The van der Waals surface area contributed by atoms with Crippen LogP contribution in [0.3, 0.4) is 0 Å². The number of carbonyl (C=O) groups is 2. The van der Waals surface area contributed by atoms with Crippen molar-refractivity contribution in [2.45, 2.75) is 46.5 Å². The summed E-state index contributed by atoms with van der Waals surface area (Å²) in [7, 11) is 0. The molecule has 1 fully saturated rings. The van der Waals surface area contributed by atoms with Gasteiger partial charge in [-0.05, 0) is 33.6 Å². The Morgan fingerprint density at radius 1 is 1.12 bits per heavy atom. The first-order valence-electron chi connectivity index (χ1n) is 6.13. The van der Waals surface area contributed by atoms with Crippen LogP contribution in [0.1, 0.15) is 46.5 Å². The zero-order valence-electron chi connectivity index (χ0n) is 11.0. The van der Waals surface area contributed by atoms with Gasteiger partial charge in [-0.2, -0.15) is 0 Å². The molecule has 0 aromatic heterocycles. The number of allylic oxidation sites excluding steroid dienone is 3. The minimum absolute atomic E-state index is 0.0386. The highest BCUT2D eigenvalue weighted by Crippen LogP contribution is 2.13. The summed E-state index contributed by atoms with van der Waals surface area (Å²) in [4.78, 5) is 24.1. The van der Waals surface area contributed by atoms with E-state index in [2.05, 4.69) is 19.9 Å². The lowest BCUT2D eigenvalue weighted by Crippen LogP contribution is -2.29. The van der Waals surface area contributed by atoms with Gasteiger partial charge in [-0.1, -0.05) is 23.3 Å². The quantitative estimate of drug-likeness (QED) is 0.543. The Labute approximate surface area is 103 Å². The van der Waals surface area contributed by atoms with Crippen molar-refractivity contribution in [2.75, 3.05) is 6.54 Å². The fourth-order valence-corrected chi connectivity index (χ4v) is 1.76. The van der Waals surface area contributed by atoms with Gasteiger partial charge in [0.15, 0.2) is 0 Å². The molecule has 0 atom stereocenters. The third kappa shape index (κ3) is 4.55. The first-order chi connectivity index (χ1) is 8.00. The Bertz CT molecular complexity index is 346. The Hall–Kier alpha value is -1.38. The molecule has 0 aliphatic carbocycles. The first kappa shape index (κ1) is 13.7. The van der Waals surface area contributed by atoms with Crippen LogP contribution >= 0.6 is 0 Å². The summed E-state index contributed by atoms with van der Waals surface area (Å²) in [6.07, 6.45) is 6.95. The van der Waals surface area contributed by atoms with Crippen molar-refractivity contribution in [1.29, 1.82) is 0 Å². The van der Waals surface area contributed by atoms with Crippen LogP contribution in [0.4, 0.5) is 0 Å². The molecule has 3 nitrogen and oxygen atoms in total. The van der Waals surface area contributed by atoms with E-state index in [0.717, 1.165) is 12.8 Å². The van der Waals surface area contributed by atoms with E-state index < -0.39 is 0 Å². The Morgan fingerprint density at radius 3 is 2.24 bits per heavy atom. The largest absolute Gasteiger partial charge is 0.279 e. The molecule has 0 aromatic carbocycles. The van der Waals surface area contributed by atoms with Crippen molar-refractivity contribution in [3.05, 3.63) is 23.3 Å². The van der Waals surface area contributed by atoms with Crippen molar-refractivity contribution >= 4 is 11.8 Å². The molecule has 0 N–H and O–H groups in total. The molecule has 0 radical (unpaired) electrons. The third-order valence-corrected chi connectivity index (χ3v) is 2.87. The molecule has 17 heavy (non-hydrogen) atoms. The molecule has 94 valence electrons. The van der Waals surface area contributed by atoms with E-state index in [0.29, 0.717) is 19.4 Å². The molecule has 0 aromatic rings. The Morgan fingerprint density at radius 2 is 1.71 bits per heavy atom. The minimum atomic E-state index is -0.0386. The number of hydrogen-bond acceptors (Lipinski definition) is 2. The van der Waals surface area contributed by atoms with E-state index >= 15 is 0 Å². The molecule has 3 heteroatoms. The van der Waals surface area contributed by atoms with E-state index in [1.807, 2.05) is 13.0 Å². The number of hydrogen-bond donors (Lipinski definition) is 0. The summed E-state index contributed by atoms with van der Waals surface area (Å²) < 4.78 is 0. The average molecular weight is 235 g/mol. The predicted molar refractivity (Wildman–Crippen MR) is 68.4 cm³/mol. The molecular formula is C14H21NO2. The van der Waals surface area contributed by atoms with Gasteiger partial charge in [0.25, 0.3) is 0 Å². The number of imide groups is 1. The summed E-state index contributed by atoms with van der Waals surface area (Å²) >= 11 is 0. The highest BCUT2D eigenvalue weighted by Gasteiger charge is 2.27. The predicted octanol–water partition coefficient (Wildman–Crippen LogP) is 2.83. The van der Waals surface area contributed by atoms with Crippen LogP contribution < -0.4 is 0 Å². The first-order valence-corrected chi connectivity index (χ1v) is 6.13. The smallest absolute Gasteiger partial charge is 0.229 e. The zero-order chi connectivity index (χ0) is 12.8. The summed E-state index contributed by atoms with van der Waals surface area (Å²) in [6, 6.07) is 0. The van der Waals surface area contributed by atoms with Crippen LogP contribution in [-0.2, 0) is 9.59 Å². The van der Waals surface area contributed by atoms with Gasteiger partial charge in [0.2, 0.25) is 11.8 Å². The SMILES string of the molecule is CC(C)=CCC/C(C)=C/CN1C(=O)CCC1=O. The molecule has 0 unspecified atom stereocenters. The van der Waals surface area contributed by atoms with Crippen LogP contribution in [0.5, 0.6) is 0 Å². The van der Waals surface area contributed by atoms with Crippen LogP contribution in [0.2, 0.25) is 0 Å². The van der Waals surface area contributed by atoms with Gasteiger partial charge < -0.3 is 0 Å². The van der Waals surface area contributed by atoms with Gasteiger partial charge in [-0.15, -0.1) is 0 Å². The van der Waals surface area contributed by atoms with Gasteiger partial charge >= 0.3 is 0 Å². The van der Waals surface area contributed by atoms with E-state index in [9.17, 15) is 9.59 Å². The monoisotopic (exact) mass is 235 g/mol. The maximum Gasteiger partial charge on any atom is 0.229 e. The average Bonchev–Trinajstić information content (AvgIpc) is 2.55. The lowest BCUT2D eigenvalue weighted by Gasteiger charge is -2.11. The van der Waals surface area contributed by atoms with Crippen LogP contribution in [-0.4, -0.2) is 23.3 Å². The Balaban J connectivity index is 2.39. The second kappa shape index (κ2) is 6.38. The molecule has 0 saturated carbocycles. The van der Waals surface area contributed by atoms with Crippen LogP contribution in [0.15, 0.2) is 23.3 Å². The van der Waals surface area contributed by atoms with E-state index in [-0.39, 0.29) is 11.8 Å². The third-order valence-electron chi connectivity index (χ3n) is 2.87. The van der Waals surface area contributed by atoms with Crippen molar-refractivity contribution < 1.29 is 9.59 Å². The second-order valence-corrected chi connectivity index (χ2v) is 4.77. The molecule has 0 bridgehead atoms. The van der Waals surface area contributed by atoms with Gasteiger partial charge in [0.05, 0.1) is 0 Å². The van der Waals surface area contributed by atoms with Crippen LogP contribution in [0.25, 0.3) is 0 Å². The molecule has 1 heterocycles. The summed E-state index contributed by atoms with van der Waals surface area (Å²) in [5, 5.41) is 0. The molecule has 1 saturated heterocycles. The van der Waals surface area contributed by atoms with E-state index in [4.69, 9.17) is 0 Å². The fourth-order valence-electron chi connectivity index (χ4n) is 1.76. The highest BCUT2D eigenvalue weighted by molar-refractivity contribution is 6.02. The minimum Gasteiger partial charge on any atom is -0.279 e. The lowest BCUT2D eigenvalue weighted by atomic mass is 10.1. The van der Waals surface area contributed by atoms with Crippen molar-refractivity contribution in [3.63, 3.8) is 0 Å². The number of rotatable bonds is 5. The number of nitrogens with zero attached hydrogens (tertiary/aromatic N) is 1. The van der Waals surface area contributed by atoms with Gasteiger partial charge in [-0.25, -0.2) is 0 Å². The fraction of sp³-hybridized carbons (Fsp3) is 0.571. The van der Waals surface area contributed by atoms with Crippen molar-refractivity contribution in [3.8, 4) is 0 Å². The molecule has 1 aliphatic heterocycles. The topological polar surface area (TPSA) is 37.4 Å². The van der Waals surface area contributed by atoms with Gasteiger partial charge in [-0.3, -0.25) is 14.5 Å². The normalized spacial score (nSPS) is 16.6. The van der Waals surface area contributed by atoms with Crippen LogP contribution in [0, 0.1) is 0 Å². The summed E-state index contributed by atoms with van der Waals surface area (Å²) in [5.41, 5.74) is 2.55. The molecule has 1 aliphatic rings. The zero-order valence-corrected chi connectivity index (χ0v) is 11.0. The molecule has 0 spiro atoms. The molecular weight excluding hydrogens is 214 g/mol. The highest BCUT2D eigenvalue weighted by atomic mass is 16.2. The maximum absolute atomic E-state index is 11.4.